The van der Waals surface area contributed by atoms with Gasteiger partial charge in [0.05, 0.1) is 11.0 Å². The predicted octanol–water partition coefficient (Wildman–Crippen LogP) is 2.98. The standard InChI is InChI=1S/C16H25N3O/c1-4-15-18-13-10-12(17)6-7-14(13)19(15)11-16(2,3)8-5-9-20/h6-7,10,20H,4-5,8-9,11,17H2,1-3H3. The molecule has 0 bridgehead atoms. The van der Waals surface area contributed by atoms with E-state index in [0.717, 1.165) is 48.4 Å². The van der Waals surface area contributed by atoms with Gasteiger partial charge in [0.25, 0.3) is 0 Å². The van der Waals surface area contributed by atoms with Crippen LogP contribution >= 0.6 is 0 Å². The maximum Gasteiger partial charge on any atom is 0.109 e. The quantitative estimate of drug-likeness (QED) is 0.797. The van der Waals surface area contributed by atoms with E-state index in [9.17, 15) is 0 Å². The van der Waals surface area contributed by atoms with Crippen LogP contribution in [0.2, 0.25) is 0 Å². The topological polar surface area (TPSA) is 64.1 Å². The summed E-state index contributed by atoms with van der Waals surface area (Å²) in [7, 11) is 0. The molecule has 0 amide bonds. The van der Waals surface area contributed by atoms with Crippen LogP contribution < -0.4 is 5.73 Å². The van der Waals surface area contributed by atoms with Gasteiger partial charge in [0, 0.05) is 25.3 Å². The second-order valence-corrected chi connectivity index (χ2v) is 6.21. The highest BCUT2D eigenvalue weighted by Crippen LogP contribution is 2.28. The monoisotopic (exact) mass is 275 g/mol. The number of nitrogens with zero attached hydrogens (tertiary/aromatic N) is 2. The third-order valence-electron chi connectivity index (χ3n) is 3.77. The zero-order valence-electron chi connectivity index (χ0n) is 12.7. The number of nitrogen functional groups attached to an aromatic ring is 1. The first kappa shape index (κ1) is 14.9. The second kappa shape index (κ2) is 5.83. The molecule has 0 radical (unpaired) electrons. The highest BCUT2D eigenvalue weighted by Gasteiger charge is 2.21. The molecule has 0 atom stereocenters. The Morgan fingerprint density at radius 1 is 1.35 bits per heavy atom. The van der Waals surface area contributed by atoms with Crippen LogP contribution in [0.4, 0.5) is 5.69 Å². The van der Waals surface area contributed by atoms with Crippen LogP contribution in [0.1, 0.15) is 39.4 Å². The minimum atomic E-state index is 0.141. The number of fused-ring (bicyclic) bond motifs is 1. The lowest BCUT2D eigenvalue weighted by Gasteiger charge is -2.26. The number of hydrogen-bond donors (Lipinski definition) is 2. The highest BCUT2D eigenvalue weighted by molar-refractivity contribution is 5.79. The number of hydrogen-bond acceptors (Lipinski definition) is 3. The Labute approximate surface area is 120 Å². The van der Waals surface area contributed by atoms with Gasteiger partial charge in [0.15, 0.2) is 0 Å². The minimum absolute atomic E-state index is 0.141. The number of anilines is 1. The van der Waals surface area contributed by atoms with Crippen molar-refractivity contribution < 1.29 is 5.11 Å². The third kappa shape index (κ3) is 3.12. The van der Waals surface area contributed by atoms with Crippen LogP contribution in [0.25, 0.3) is 11.0 Å². The van der Waals surface area contributed by atoms with Gasteiger partial charge in [-0.1, -0.05) is 20.8 Å². The van der Waals surface area contributed by atoms with Crippen LogP contribution in [0, 0.1) is 5.41 Å². The maximum absolute atomic E-state index is 9.03. The number of aliphatic hydroxyl groups excluding tert-OH is 1. The molecule has 2 rings (SSSR count). The van der Waals surface area contributed by atoms with Gasteiger partial charge in [0.1, 0.15) is 5.82 Å². The average molecular weight is 275 g/mol. The second-order valence-electron chi connectivity index (χ2n) is 6.21. The van der Waals surface area contributed by atoms with E-state index in [1.807, 2.05) is 12.1 Å². The van der Waals surface area contributed by atoms with E-state index in [1.54, 1.807) is 0 Å². The number of rotatable bonds is 6. The highest BCUT2D eigenvalue weighted by atomic mass is 16.2. The first-order valence-corrected chi connectivity index (χ1v) is 7.32. The molecule has 3 N–H and O–H groups in total. The molecule has 4 heteroatoms. The normalized spacial score (nSPS) is 12.2. The van der Waals surface area contributed by atoms with Crippen LogP contribution in [0.3, 0.4) is 0 Å². The van der Waals surface area contributed by atoms with E-state index in [-0.39, 0.29) is 12.0 Å². The number of aromatic nitrogens is 2. The summed E-state index contributed by atoms with van der Waals surface area (Å²) in [6, 6.07) is 5.92. The van der Waals surface area contributed by atoms with Crippen molar-refractivity contribution in [2.75, 3.05) is 12.3 Å². The molecule has 0 aliphatic rings. The van der Waals surface area contributed by atoms with Crippen LogP contribution in [0.15, 0.2) is 18.2 Å². The van der Waals surface area contributed by atoms with Crippen molar-refractivity contribution in [2.24, 2.45) is 5.41 Å². The molecule has 20 heavy (non-hydrogen) atoms. The molecule has 1 aromatic carbocycles. The zero-order valence-corrected chi connectivity index (χ0v) is 12.7. The van der Waals surface area contributed by atoms with Gasteiger partial charge >= 0.3 is 0 Å². The Morgan fingerprint density at radius 3 is 2.75 bits per heavy atom. The fourth-order valence-corrected chi connectivity index (χ4v) is 2.71. The summed E-state index contributed by atoms with van der Waals surface area (Å²) in [6.07, 6.45) is 2.75. The third-order valence-corrected chi connectivity index (χ3v) is 3.77. The van der Waals surface area contributed by atoms with E-state index in [2.05, 4.69) is 31.4 Å². The SMILES string of the molecule is CCc1nc2cc(N)ccc2n1CC(C)(C)CCCO. The van der Waals surface area contributed by atoms with Crippen LogP contribution in [0.5, 0.6) is 0 Å². The van der Waals surface area contributed by atoms with E-state index in [1.165, 1.54) is 0 Å². The fraction of sp³-hybridized carbons (Fsp3) is 0.562. The summed E-state index contributed by atoms with van der Waals surface area (Å²) >= 11 is 0. The summed E-state index contributed by atoms with van der Waals surface area (Å²) in [5.74, 6) is 1.10. The lowest BCUT2D eigenvalue weighted by molar-refractivity contribution is 0.222. The molecule has 0 aliphatic carbocycles. The Hall–Kier alpha value is -1.55. The molecule has 0 unspecified atom stereocenters. The van der Waals surface area contributed by atoms with Crippen molar-refractivity contribution in [3.63, 3.8) is 0 Å². The summed E-state index contributed by atoms with van der Waals surface area (Å²) in [6.45, 7) is 7.78. The van der Waals surface area contributed by atoms with E-state index in [4.69, 9.17) is 15.8 Å². The summed E-state index contributed by atoms with van der Waals surface area (Å²) in [5, 5.41) is 9.03. The molecule has 0 saturated heterocycles. The molecule has 0 saturated carbocycles. The molecule has 2 aromatic rings. The number of imidazole rings is 1. The molecule has 1 heterocycles. The van der Waals surface area contributed by atoms with Gasteiger partial charge in [-0.2, -0.15) is 0 Å². The largest absolute Gasteiger partial charge is 0.399 e. The number of benzene rings is 1. The number of nitrogens with two attached hydrogens (primary N) is 1. The average Bonchev–Trinajstić information content (AvgIpc) is 2.73. The molecule has 0 fully saturated rings. The first-order valence-electron chi connectivity index (χ1n) is 7.32. The van der Waals surface area contributed by atoms with Gasteiger partial charge in [-0.15, -0.1) is 0 Å². The smallest absolute Gasteiger partial charge is 0.109 e. The lowest BCUT2D eigenvalue weighted by Crippen LogP contribution is -2.21. The van der Waals surface area contributed by atoms with Crippen LogP contribution in [-0.2, 0) is 13.0 Å². The van der Waals surface area contributed by atoms with Crippen molar-refractivity contribution in [3.8, 4) is 0 Å². The Balaban J connectivity index is 2.37. The molecule has 110 valence electrons. The summed E-state index contributed by atoms with van der Waals surface area (Å²) in [4.78, 5) is 4.69. The van der Waals surface area contributed by atoms with Crippen LogP contribution in [-0.4, -0.2) is 21.3 Å². The summed E-state index contributed by atoms with van der Waals surface area (Å²) < 4.78 is 2.30. The van der Waals surface area contributed by atoms with Crippen molar-refractivity contribution in [3.05, 3.63) is 24.0 Å². The lowest BCUT2D eigenvalue weighted by atomic mass is 9.87. The molecular formula is C16H25N3O. The van der Waals surface area contributed by atoms with E-state index < -0.39 is 0 Å². The van der Waals surface area contributed by atoms with Gasteiger partial charge in [-0.3, -0.25) is 0 Å². The predicted molar refractivity (Wildman–Crippen MR) is 83.6 cm³/mol. The van der Waals surface area contributed by atoms with Gasteiger partial charge < -0.3 is 15.4 Å². The minimum Gasteiger partial charge on any atom is -0.399 e. The molecule has 0 aliphatic heterocycles. The van der Waals surface area contributed by atoms with Gasteiger partial charge in [0.2, 0.25) is 0 Å². The molecule has 4 nitrogen and oxygen atoms in total. The Morgan fingerprint density at radius 2 is 2.10 bits per heavy atom. The zero-order chi connectivity index (χ0) is 14.8. The molecule has 1 aromatic heterocycles. The van der Waals surface area contributed by atoms with E-state index >= 15 is 0 Å². The van der Waals surface area contributed by atoms with Crippen molar-refractivity contribution in [2.45, 2.75) is 46.6 Å². The maximum atomic E-state index is 9.03. The molecular weight excluding hydrogens is 250 g/mol. The van der Waals surface area contributed by atoms with Crippen molar-refractivity contribution >= 4 is 16.7 Å². The fourth-order valence-electron chi connectivity index (χ4n) is 2.71. The Bertz CT molecular complexity index is 587. The van der Waals surface area contributed by atoms with Crippen molar-refractivity contribution in [1.29, 1.82) is 0 Å². The van der Waals surface area contributed by atoms with Crippen molar-refractivity contribution in [1.82, 2.24) is 9.55 Å². The number of aryl methyl sites for hydroxylation is 1. The first-order chi connectivity index (χ1) is 9.46. The van der Waals surface area contributed by atoms with E-state index in [0.29, 0.717) is 0 Å². The number of aliphatic hydroxyl groups is 1. The van der Waals surface area contributed by atoms with Gasteiger partial charge in [-0.25, -0.2) is 4.98 Å². The molecule has 0 spiro atoms. The summed E-state index contributed by atoms with van der Waals surface area (Å²) in [5.41, 5.74) is 8.85. The van der Waals surface area contributed by atoms with Gasteiger partial charge in [-0.05, 0) is 36.5 Å². The Kier molecular flexibility index (Phi) is 4.33.